The van der Waals surface area contributed by atoms with Crippen molar-refractivity contribution in [1.29, 1.82) is 0 Å². The van der Waals surface area contributed by atoms with Crippen LogP contribution in [-0.2, 0) is 11.8 Å². The van der Waals surface area contributed by atoms with Crippen molar-refractivity contribution in [3.8, 4) is 0 Å². The van der Waals surface area contributed by atoms with E-state index in [1.54, 1.807) is 0 Å². The van der Waals surface area contributed by atoms with Gasteiger partial charge in [-0.15, -0.1) is 0 Å². The van der Waals surface area contributed by atoms with Crippen LogP contribution in [0.15, 0.2) is 18.3 Å². The number of carbonyl (C=O) groups excluding carboxylic acids is 1. The second-order valence-corrected chi connectivity index (χ2v) is 6.50. The monoisotopic (exact) mass is 277 g/mol. The van der Waals surface area contributed by atoms with E-state index in [0.717, 1.165) is 19.4 Å². The van der Waals surface area contributed by atoms with Crippen molar-refractivity contribution >= 4 is 5.91 Å². The van der Waals surface area contributed by atoms with E-state index < -0.39 is 5.41 Å². The first-order valence-electron chi connectivity index (χ1n) is 7.60. The quantitative estimate of drug-likeness (QED) is 0.922. The highest BCUT2D eigenvalue weighted by Gasteiger charge is 2.36. The Balaban J connectivity index is 2.31. The van der Waals surface area contributed by atoms with Gasteiger partial charge in [0.1, 0.15) is 0 Å². The molecule has 1 aromatic heterocycles. The van der Waals surface area contributed by atoms with Gasteiger partial charge in [-0.25, -0.2) is 0 Å². The lowest BCUT2D eigenvalue weighted by Crippen LogP contribution is -2.46. The van der Waals surface area contributed by atoms with Gasteiger partial charge in [-0.1, -0.05) is 12.8 Å². The van der Waals surface area contributed by atoms with Gasteiger partial charge in [0.05, 0.1) is 11.5 Å². The van der Waals surface area contributed by atoms with E-state index in [-0.39, 0.29) is 11.9 Å². The molecule has 2 rings (SSSR count). The minimum absolute atomic E-state index is 0.188. The smallest absolute Gasteiger partial charge is 0.230 e. The first-order valence-corrected chi connectivity index (χ1v) is 7.60. The van der Waals surface area contributed by atoms with Gasteiger partial charge < -0.3 is 15.2 Å². The second-order valence-electron chi connectivity index (χ2n) is 6.50. The third kappa shape index (κ3) is 2.90. The molecule has 0 radical (unpaired) electrons. The minimum atomic E-state index is -0.478. The molecular weight excluding hydrogens is 250 g/mol. The summed E-state index contributed by atoms with van der Waals surface area (Å²) in [5, 5.41) is 0. The zero-order valence-corrected chi connectivity index (χ0v) is 12.9. The van der Waals surface area contributed by atoms with Gasteiger partial charge in [0.2, 0.25) is 5.91 Å². The maximum atomic E-state index is 12.9. The predicted molar refractivity (Wildman–Crippen MR) is 81.2 cm³/mol. The van der Waals surface area contributed by atoms with Crippen molar-refractivity contribution in [1.82, 2.24) is 9.47 Å². The van der Waals surface area contributed by atoms with Gasteiger partial charge in [0.15, 0.2) is 0 Å². The van der Waals surface area contributed by atoms with Crippen LogP contribution in [0, 0.1) is 5.41 Å². The fraction of sp³-hybridized carbons (Fsp3) is 0.688. The summed E-state index contributed by atoms with van der Waals surface area (Å²) in [4.78, 5) is 14.9. The Morgan fingerprint density at radius 2 is 2.15 bits per heavy atom. The Kier molecular flexibility index (Phi) is 4.53. The fourth-order valence-electron chi connectivity index (χ4n) is 2.96. The topological polar surface area (TPSA) is 51.3 Å². The third-order valence-corrected chi connectivity index (χ3v) is 4.43. The number of carbonyl (C=O) groups is 1. The molecule has 1 amide bonds. The van der Waals surface area contributed by atoms with Gasteiger partial charge >= 0.3 is 0 Å². The zero-order valence-electron chi connectivity index (χ0n) is 12.9. The Bertz CT molecular complexity index is 464. The summed E-state index contributed by atoms with van der Waals surface area (Å²) >= 11 is 0. The lowest BCUT2D eigenvalue weighted by Gasteiger charge is -2.36. The predicted octanol–water partition coefficient (Wildman–Crippen LogP) is 2.45. The van der Waals surface area contributed by atoms with E-state index >= 15 is 0 Å². The van der Waals surface area contributed by atoms with E-state index in [4.69, 9.17) is 5.73 Å². The van der Waals surface area contributed by atoms with Crippen LogP contribution in [0.1, 0.15) is 51.3 Å². The minimum Gasteiger partial charge on any atom is -0.353 e. The van der Waals surface area contributed by atoms with E-state index in [0.29, 0.717) is 6.54 Å². The van der Waals surface area contributed by atoms with Crippen molar-refractivity contribution in [2.24, 2.45) is 18.2 Å². The molecular formula is C16H27N3O. The van der Waals surface area contributed by atoms with Crippen molar-refractivity contribution in [2.75, 3.05) is 13.1 Å². The number of hydrogen-bond acceptors (Lipinski definition) is 2. The average molecular weight is 277 g/mol. The molecule has 1 aliphatic heterocycles. The van der Waals surface area contributed by atoms with Gasteiger partial charge in [0.25, 0.3) is 0 Å². The molecule has 0 bridgehead atoms. The number of aryl methyl sites for hydroxylation is 1. The summed E-state index contributed by atoms with van der Waals surface area (Å²) < 4.78 is 2.13. The van der Waals surface area contributed by atoms with Crippen LogP contribution in [0.5, 0.6) is 0 Å². The molecule has 112 valence electrons. The molecule has 1 atom stereocenters. The lowest BCUT2D eigenvalue weighted by atomic mass is 9.90. The summed E-state index contributed by atoms with van der Waals surface area (Å²) in [5.74, 6) is 0.188. The number of nitrogens with zero attached hydrogens (tertiary/aromatic N) is 2. The SMILES string of the molecule is Cn1cccc1C1CCCCCN1C(=O)C(C)(C)CN. The highest BCUT2D eigenvalue weighted by Crippen LogP contribution is 2.33. The standard InChI is InChI=1S/C16H27N3O/c1-16(2,12-17)15(20)19-11-6-4-5-8-14(19)13-9-7-10-18(13)3/h7,9-10,14H,4-6,8,11-12,17H2,1-3H3. The van der Waals surface area contributed by atoms with E-state index in [2.05, 4.69) is 34.8 Å². The number of nitrogens with two attached hydrogens (primary N) is 1. The van der Waals surface area contributed by atoms with Crippen LogP contribution in [-0.4, -0.2) is 28.5 Å². The van der Waals surface area contributed by atoms with Crippen LogP contribution in [0.2, 0.25) is 0 Å². The molecule has 4 nitrogen and oxygen atoms in total. The number of hydrogen-bond donors (Lipinski definition) is 1. The molecule has 0 aromatic carbocycles. The average Bonchev–Trinajstić information content (AvgIpc) is 2.72. The molecule has 20 heavy (non-hydrogen) atoms. The normalized spacial score (nSPS) is 20.8. The summed E-state index contributed by atoms with van der Waals surface area (Å²) in [6, 6.07) is 4.37. The fourth-order valence-corrected chi connectivity index (χ4v) is 2.96. The molecule has 1 aliphatic rings. The largest absolute Gasteiger partial charge is 0.353 e. The molecule has 1 aromatic rings. The Labute approximate surface area is 121 Å². The maximum Gasteiger partial charge on any atom is 0.230 e. The Morgan fingerprint density at radius 3 is 2.75 bits per heavy atom. The van der Waals surface area contributed by atoms with Crippen LogP contribution < -0.4 is 5.73 Å². The molecule has 4 heteroatoms. The van der Waals surface area contributed by atoms with Gasteiger partial charge in [-0.3, -0.25) is 4.79 Å². The van der Waals surface area contributed by atoms with Crippen LogP contribution in [0.3, 0.4) is 0 Å². The Morgan fingerprint density at radius 1 is 1.40 bits per heavy atom. The number of amides is 1. The maximum absolute atomic E-state index is 12.9. The van der Waals surface area contributed by atoms with Gasteiger partial charge in [0, 0.05) is 32.0 Å². The Hall–Kier alpha value is -1.29. The highest BCUT2D eigenvalue weighted by atomic mass is 16.2. The first-order chi connectivity index (χ1) is 9.47. The zero-order chi connectivity index (χ0) is 14.8. The summed E-state index contributed by atoms with van der Waals surface area (Å²) in [6.45, 7) is 5.13. The molecule has 1 fully saturated rings. The third-order valence-electron chi connectivity index (χ3n) is 4.43. The van der Waals surface area contributed by atoms with Crippen molar-refractivity contribution in [2.45, 2.75) is 45.6 Å². The summed E-state index contributed by atoms with van der Waals surface area (Å²) in [5.41, 5.74) is 6.55. The first kappa shape index (κ1) is 15.1. The molecule has 0 saturated carbocycles. The van der Waals surface area contributed by atoms with Crippen LogP contribution in [0.25, 0.3) is 0 Å². The molecule has 1 saturated heterocycles. The van der Waals surface area contributed by atoms with Crippen molar-refractivity contribution < 1.29 is 4.79 Å². The van der Waals surface area contributed by atoms with Crippen molar-refractivity contribution in [3.63, 3.8) is 0 Å². The van der Waals surface area contributed by atoms with Crippen molar-refractivity contribution in [3.05, 3.63) is 24.0 Å². The van der Waals surface area contributed by atoms with E-state index in [9.17, 15) is 4.79 Å². The summed E-state index contributed by atoms with van der Waals surface area (Å²) in [6.07, 6.45) is 6.57. The van der Waals surface area contributed by atoms with E-state index in [1.807, 2.05) is 13.8 Å². The second kappa shape index (κ2) is 6.00. The molecule has 2 heterocycles. The number of rotatable bonds is 3. The number of likely N-dealkylation sites (tertiary alicyclic amines) is 1. The van der Waals surface area contributed by atoms with Crippen LogP contribution in [0.4, 0.5) is 0 Å². The molecule has 1 unspecified atom stereocenters. The molecule has 0 spiro atoms. The van der Waals surface area contributed by atoms with Gasteiger partial charge in [-0.2, -0.15) is 0 Å². The molecule has 0 aliphatic carbocycles. The summed E-state index contributed by atoms with van der Waals surface area (Å²) in [7, 11) is 2.05. The lowest BCUT2D eigenvalue weighted by molar-refractivity contribution is -0.142. The van der Waals surface area contributed by atoms with E-state index in [1.165, 1.54) is 18.5 Å². The molecule has 2 N–H and O–H groups in total. The van der Waals surface area contributed by atoms with Gasteiger partial charge in [-0.05, 0) is 38.8 Å². The number of aromatic nitrogens is 1. The highest BCUT2D eigenvalue weighted by molar-refractivity contribution is 5.82. The van der Waals surface area contributed by atoms with Crippen LogP contribution >= 0.6 is 0 Å².